The Labute approximate surface area is 248 Å². The van der Waals surface area contributed by atoms with Gasteiger partial charge in [-0.15, -0.1) is 10.2 Å². The number of carbonyl (C=O) groups excluding carboxylic acids is 1. The molecule has 1 amide bonds. The van der Waals surface area contributed by atoms with Gasteiger partial charge in [-0.05, 0) is 73.2 Å². The van der Waals surface area contributed by atoms with Gasteiger partial charge in [0.05, 0.1) is 6.20 Å². The molecule has 5 heterocycles. The van der Waals surface area contributed by atoms with Crippen molar-refractivity contribution in [3.63, 3.8) is 0 Å². The standard InChI is InChI=1S/C32H31N9O2/c1-20-26(19-34-39(20)3)24-9-10-29-27(17-24)35-31(43-29)25-11-14-33-28(18-25)32(42)40-15-12-23(13-16-40)30(22-7-5-4-6-8-22)41-37-21(2)36-38-41/h4-11,14,17-19,23,30H,12-13,15-16H2,1-3H3/t30-/m0/s1. The normalized spacial score (nSPS) is 14.8. The number of hydrogen-bond donors (Lipinski definition) is 0. The Morgan fingerprint density at radius 3 is 2.53 bits per heavy atom. The van der Waals surface area contributed by atoms with Crippen LogP contribution in [0.3, 0.4) is 0 Å². The number of amides is 1. The van der Waals surface area contributed by atoms with Crippen LogP contribution in [0.25, 0.3) is 33.7 Å². The number of likely N-dealkylation sites (tertiary alicyclic amines) is 1. The third kappa shape index (κ3) is 5.07. The molecular formula is C32H31N9O2. The smallest absolute Gasteiger partial charge is 0.272 e. The minimum atomic E-state index is -0.100. The summed E-state index contributed by atoms with van der Waals surface area (Å²) in [5, 5.41) is 17.3. The number of fused-ring (bicyclic) bond motifs is 1. The molecule has 43 heavy (non-hydrogen) atoms. The summed E-state index contributed by atoms with van der Waals surface area (Å²) in [6, 6.07) is 19.7. The number of piperidine rings is 1. The van der Waals surface area contributed by atoms with Crippen LogP contribution in [0.1, 0.15) is 46.5 Å². The van der Waals surface area contributed by atoms with Crippen molar-refractivity contribution >= 4 is 17.0 Å². The molecule has 1 atom stereocenters. The van der Waals surface area contributed by atoms with Crippen LogP contribution >= 0.6 is 0 Å². The molecule has 11 nitrogen and oxygen atoms in total. The fourth-order valence-corrected chi connectivity index (χ4v) is 5.92. The lowest BCUT2D eigenvalue weighted by atomic mass is 9.85. The van der Waals surface area contributed by atoms with Crippen molar-refractivity contribution < 1.29 is 9.21 Å². The van der Waals surface area contributed by atoms with Gasteiger partial charge in [0.25, 0.3) is 5.91 Å². The summed E-state index contributed by atoms with van der Waals surface area (Å²) in [6.07, 6.45) is 5.12. The van der Waals surface area contributed by atoms with Crippen molar-refractivity contribution in [1.82, 2.24) is 44.9 Å². The molecule has 1 saturated heterocycles. The van der Waals surface area contributed by atoms with E-state index in [4.69, 9.17) is 9.40 Å². The topological polar surface area (TPSA) is 121 Å². The first-order valence-electron chi connectivity index (χ1n) is 14.4. The maximum Gasteiger partial charge on any atom is 0.272 e. The molecule has 0 bridgehead atoms. The molecule has 1 fully saturated rings. The molecular weight excluding hydrogens is 542 g/mol. The van der Waals surface area contributed by atoms with Crippen molar-refractivity contribution in [3.8, 4) is 22.6 Å². The Bertz CT molecular complexity index is 1920. The second kappa shape index (κ2) is 10.9. The van der Waals surface area contributed by atoms with E-state index in [1.54, 1.807) is 17.1 Å². The van der Waals surface area contributed by atoms with E-state index in [1.807, 2.05) is 79.1 Å². The lowest BCUT2D eigenvalue weighted by Crippen LogP contribution is -2.41. The van der Waals surface area contributed by atoms with Crippen LogP contribution in [-0.4, -0.2) is 63.9 Å². The van der Waals surface area contributed by atoms with Crippen molar-refractivity contribution in [2.75, 3.05) is 13.1 Å². The van der Waals surface area contributed by atoms with Gasteiger partial charge >= 0.3 is 0 Å². The summed E-state index contributed by atoms with van der Waals surface area (Å²) in [5.41, 5.74) is 6.79. The van der Waals surface area contributed by atoms with E-state index in [-0.39, 0.29) is 17.9 Å². The van der Waals surface area contributed by atoms with Crippen molar-refractivity contribution in [2.45, 2.75) is 32.7 Å². The van der Waals surface area contributed by atoms with Crippen LogP contribution in [0.4, 0.5) is 0 Å². The van der Waals surface area contributed by atoms with E-state index in [0.29, 0.717) is 41.6 Å². The zero-order valence-corrected chi connectivity index (χ0v) is 24.3. The average Bonchev–Trinajstić information content (AvgIpc) is 3.76. The molecule has 0 aliphatic carbocycles. The number of hydrogen-bond acceptors (Lipinski definition) is 8. The second-order valence-corrected chi connectivity index (χ2v) is 11.0. The quantitative estimate of drug-likeness (QED) is 0.272. The maximum absolute atomic E-state index is 13.6. The molecule has 4 aromatic heterocycles. The number of tetrazole rings is 1. The summed E-state index contributed by atoms with van der Waals surface area (Å²) in [4.78, 5) is 26.3. The van der Waals surface area contributed by atoms with Crippen LogP contribution in [-0.2, 0) is 7.05 Å². The summed E-state index contributed by atoms with van der Waals surface area (Å²) >= 11 is 0. The molecule has 216 valence electrons. The molecule has 1 aliphatic rings. The zero-order chi connectivity index (χ0) is 29.5. The van der Waals surface area contributed by atoms with Gasteiger partial charge in [0.1, 0.15) is 17.3 Å². The number of carbonyl (C=O) groups is 1. The molecule has 7 rings (SSSR count). The number of aryl methyl sites for hydroxylation is 2. The Balaban J connectivity index is 1.08. The third-order valence-electron chi connectivity index (χ3n) is 8.35. The number of benzene rings is 2. The van der Waals surface area contributed by atoms with Crippen LogP contribution < -0.4 is 0 Å². The summed E-state index contributed by atoms with van der Waals surface area (Å²) in [5.74, 6) is 1.25. The van der Waals surface area contributed by atoms with Crippen LogP contribution in [0.15, 0.2) is 77.5 Å². The first-order chi connectivity index (χ1) is 20.9. The fraction of sp³-hybridized carbons (Fsp3) is 0.281. The zero-order valence-electron chi connectivity index (χ0n) is 24.3. The minimum Gasteiger partial charge on any atom is -0.436 e. The van der Waals surface area contributed by atoms with E-state index < -0.39 is 0 Å². The summed E-state index contributed by atoms with van der Waals surface area (Å²) in [7, 11) is 1.93. The first-order valence-corrected chi connectivity index (χ1v) is 14.4. The highest BCUT2D eigenvalue weighted by Gasteiger charge is 2.32. The monoisotopic (exact) mass is 573 g/mol. The number of oxazole rings is 1. The molecule has 1 aliphatic heterocycles. The van der Waals surface area contributed by atoms with Gasteiger partial charge in [0.2, 0.25) is 5.89 Å². The minimum absolute atomic E-state index is 0.0390. The van der Waals surface area contributed by atoms with Gasteiger partial charge in [-0.2, -0.15) is 9.90 Å². The van der Waals surface area contributed by atoms with Crippen molar-refractivity contribution in [3.05, 3.63) is 95.8 Å². The van der Waals surface area contributed by atoms with Gasteiger partial charge < -0.3 is 9.32 Å². The first kappa shape index (κ1) is 26.7. The molecule has 6 aromatic rings. The van der Waals surface area contributed by atoms with Crippen molar-refractivity contribution in [2.24, 2.45) is 13.0 Å². The number of aromatic nitrogens is 8. The second-order valence-electron chi connectivity index (χ2n) is 11.0. The molecule has 0 spiro atoms. The SMILES string of the molecule is Cc1nnn([C@@H](c2ccccc2)C2CCN(C(=O)c3cc(-c4nc5cc(-c6cnn(C)c6C)ccc5o4)ccn3)CC2)n1. The summed E-state index contributed by atoms with van der Waals surface area (Å²) < 4.78 is 7.93. The highest BCUT2D eigenvalue weighted by atomic mass is 16.3. The molecule has 11 heteroatoms. The maximum atomic E-state index is 13.6. The van der Waals surface area contributed by atoms with Crippen LogP contribution in [0, 0.1) is 19.8 Å². The predicted molar refractivity (Wildman–Crippen MR) is 160 cm³/mol. The predicted octanol–water partition coefficient (Wildman–Crippen LogP) is 5.04. The third-order valence-corrected chi connectivity index (χ3v) is 8.35. The van der Waals surface area contributed by atoms with Gasteiger partial charge in [0, 0.05) is 43.2 Å². The Morgan fingerprint density at radius 1 is 1.00 bits per heavy atom. The lowest BCUT2D eigenvalue weighted by Gasteiger charge is -2.35. The van der Waals surface area contributed by atoms with E-state index in [2.05, 4.69) is 37.6 Å². The van der Waals surface area contributed by atoms with Gasteiger partial charge in [-0.25, -0.2) is 4.98 Å². The van der Waals surface area contributed by atoms with Crippen LogP contribution in [0.2, 0.25) is 0 Å². The van der Waals surface area contributed by atoms with E-state index >= 15 is 0 Å². The number of nitrogens with zero attached hydrogens (tertiary/aromatic N) is 9. The molecule has 0 radical (unpaired) electrons. The summed E-state index contributed by atoms with van der Waals surface area (Å²) in [6.45, 7) is 5.11. The highest BCUT2D eigenvalue weighted by Crippen LogP contribution is 2.34. The Kier molecular flexibility index (Phi) is 6.77. The van der Waals surface area contributed by atoms with Crippen LogP contribution in [0.5, 0.6) is 0 Å². The molecule has 0 saturated carbocycles. The largest absolute Gasteiger partial charge is 0.436 e. The van der Waals surface area contributed by atoms with Gasteiger partial charge in [0.15, 0.2) is 11.4 Å². The fourth-order valence-electron chi connectivity index (χ4n) is 5.92. The number of pyridine rings is 1. The Morgan fingerprint density at radius 2 is 1.81 bits per heavy atom. The van der Waals surface area contributed by atoms with Gasteiger partial charge in [-0.1, -0.05) is 36.4 Å². The Hall–Kier alpha value is -5.19. The molecule has 0 N–H and O–H groups in total. The van der Waals surface area contributed by atoms with E-state index in [1.165, 1.54) is 0 Å². The molecule has 2 aromatic carbocycles. The van der Waals surface area contributed by atoms with E-state index in [0.717, 1.165) is 40.7 Å². The lowest BCUT2D eigenvalue weighted by molar-refractivity contribution is 0.0658. The molecule has 0 unspecified atom stereocenters. The highest BCUT2D eigenvalue weighted by molar-refractivity contribution is 5.93. The van der Waals surface area contributed by atoms with Crippen molar-refractivity contribution in [1.29, 1.82) is 0 Å². The van der Waals surface area contributed by atoms with Gasteiger partial charge in [-0.3, -0.25) is 14.5 Å². The average molecular weight is 574 g/mol. The number of rotatable bonds is 6. The van der Waals surface area contributed by atoms with E-state index in [9.17, 15) is 4.79 Å².